The van der Waals surface area contributed by atoms with Gasteiger partial charge in [-0.2, -0.15) is 13.2 Å². The lowest BCUT2D eigenvalue weighted by Crippen LogP contribution is -2.20. The first-order chi connectivity index (χ1) is 8.31. The quantitative estimate of drug-likeness (QED) is 0.582. The standard InChI is InChI=1S/C12H21F3O2S/c1-2-3-4-5-6-7-8-9-10-11-18(16,17)12(13,14)15/h10-11H,2-9H2,1H3/b11-10+. The van der Waals surface area contributed by atoms with E-state index in [0.717, 1.165) is 31.8 Å². The summed E-state index contributed by atoms with van der Waals surface area (Å²) in [6.45, 7) is 2.13. The van der Waals surface area contributed by atoms with Gasteiger partial charge in [-0.3, -0.25) is 0 Å². The lowest BCUT2D eigenvalue weighted by molar-refractivity contribution is -0.0423. The molecule has 0 aromatic carbocycles. The Kier molecular flexibility index (Phi) is 8.31. The molecule has 0 aromatic rings. The molecule has 0 heterocycles. The predicted octanol–water partition coefficient (Wildman–Crippen LogP) is 4.58. The maximum Gasteiger partial charge on any atom is 0.501 e. The molecular formula is C12H21F3O2S. The summed E-state index contributed by atoms with van der Waals surface area (Å²) < 4.78 is 57.1. The van der Waals surface area contributed by atoms with Crippen molar-refractivity contribution < 1.29 is 21.6 Å². The Labute approximate surface area is 107 Å². The van der Waals surface area contributed by atoms with Crippen LogP contribution < -0.4 is 0 Å². The minimum absolute atomic E-state index is 0.268. The fraction of sp³-hybridized carbons (Fsp3) is 0.833. The van der Waals surface area contributed by atoms with Crippen LogP contribution >= 0.6 is 0 Å². The maximum absolute atomic E-state index is 11.9. The van der Waals surface area contributed by atoms with Gasteiger partial charge in [0.2, 0.25) is 0 Å². The van der Waals surface area contributed by atoms with Crippen molar-refractivity contribution in [3.63, 3.8) is 0 Å². The second-order valence-corrected chi connectivity index (χ2v) is 6.10. The molecule has 0 radical (unpaired) electrons. The van der Waals surface area contributed by atoms with Crippen LogP contribution in [0.3, 0.4) is 0 Å². The summed E-state index contributed by atoms with van der Waals surface area (Å²) in [6.07, 6.45) is 8.91. The summed E-state index contributed by atoms with van der Waals surface area (Å²) in [5, 5.41) is 0.268. The fourth-order valence-electron chi connectivity index (χ4n) is 1.49. The highest BCUT2D eigenvalue weighted by atomic mass is 32.2. The van der Waals surface area contributed by atoms with E-state index in [-0.39, 0.29) is 5.41 Å². The van der Waals surface area contributed by atoms with Gasteiger partial charge in [0.1, 0.15) is 0 Å². The van der Waals surface area contributed by atoms with E-state index in [1.54, 1.807) is 0 Å². The average Bonchev–Trinajstić information content (AvgIpc) is 2.25. The summed E-state index contributed by atoms with van der Waals surface area (Å²) in [5.41, 5.74) is -5.18. The topological polar surface area (TPSA) is 34.1 Å². The number of rotatable bonds is 9. The van der Waals surface area contributed by atoms with Gasteiger partial charge in [0, 0.05) is 5.41 Å². The van der Waals surface area contributed by atoms with Crippen LogP contribution in [0.15, 0.2) is 11.5 Å². The van der Waals surface area contributed by atoms with Crippen molar-refractivity contribution in [3.8, 4) is 0 Å². The Morgan fingerprint density at radius 1 is 0.944 bits per heavy atom. The number of unbranched alkanes of at least 4 members (excludes halogenated alkanes) is 7. The largest absolute Gasteiger partial charge is 0.501 e. The average molecular weight is 286 g/mol. The van der Waals surface area contributed by atoms with E-state index in [1.165, 1.54) is 19.3 Å². The Balaban J connectivity index is 3.67. The van der Waals surface area contributed by atoms with Crippen LogP contribution in [0.25, 0.3) is 0 Å². The molecule has 0 spiro atoms. The molecule has 0 aliphatic rings. The minimum Gasteiger partial charge on any atom is -0.215 e. The summed E-state index contributed by atoms with van der Waals surface area (Å²) in [6, 6.07) is 0. The third-order valence-corrected chi connectivity index (χ3v) is 3.77. The Morgan fingerprint density at radius 2 is 1.44 bits per heavy atom. The van der Waals surface area contributed by atoms with E-state index >= 15 is 0 Å². The third-order valence-electron chi connectivity index (χ3n) is 2.57. The SMILES string of the molecule is CCCCCCCCC/C=C/S(=O)(=O)C(F)(F)F. The zero-order valence-corrected chi connectivity index (χ0v) is 11.5. The monoisotopic (exact) mass is 286 g/mol. The maximum atomic E-state index is 11.9. The molecule has 0 aromatic heterocycles. The molecular weight excluding hydrogens is 265 g/mol. The van der Waals surface area contributed by atoms with Gasteiger partial charge in [-0.15, -0.1) is 0 Å². The van der Waals surface area contributed by atoms with Gasteiger partial charge < -0.3 is 0 Å². The molecule has 0 unspecified atom stereocenters. The van der Waals surface area contributed by atoms with E-state index in [9.17, 15) is 21.6 Å². The van der Waals surface area contributed by atoms with Crippen molar-refractivity contribution in [1.29, 1.82) is 0 Å². The zero-order chi connectivity index (χ0) is 14.1. The van der Waals surface area contributed by atoms with Crippen molar-refractivity contribution in [2.75, 3.05) is 0 Å². The van der Waals surface area contributed by atoms with Gasteiger partial charge in [-0.05, 0) is 12.8 Å². The van der Waals surface area contributed by atoms with E-state index < -0.39 is 15.3 Å². The fourth-order valence-corrected chi connectivity index (χ4v) is 2.03. The lowest BCUT2D eigenvalue weighted by atomic mass is 10.1. The molecule has 0 aliphatic heterocycles. The van der Waals surface area contributed by atoms with Crippen molar-refractivity contribution in [3.05, 3.63) is 11.5 Å². The molecule has 6 heteroatoms. The highest BCUT2D eigenvalue weighted by molar-refractivity contribution is 7.95. The molecule has 0 N–H and O–H groups in total. The van der Waals surface area contributed by atoms with Crippen LogP contribution in [0, 0.1) is 0 Å². The molecule has 0 atom stereocenters. The molecule has 0 fully saturated rings. The smallest absolute Gasteiger partial charge is 0.215 e. The Morgan fingerprint density at radius 3 is 1.94 bits per heavy atom. The molecule has 0 saturated carbocycles. The molecule has 0 amide bonds. The Hall–Kier alpha value is -0.520. The van der Waals surface area contributed by atoms with Gasteiger partial charge in [0.25, 0.3) is 9.84 Å². The summed E-state index contributed by atoms with van der Waals surface area (Å²) >= 11 is 0. The highest BCUT2D eigenvalue weighted by Crippen LogP contribution is 2.24. The predicted molar refractivity (Wildman–Crippen MR) is 66.7 cm³/mol. The number of alkyl halides is 3. The van der Waals surface area contributed by atoms with Crippen LogP contribution in [0.2, 0.25) is 0 Å². The second-order valence-electron chi connectivity index (χ2n) is 4.27. The number of hydrogen-bond acceptors (Lipinski definition) is 2. The first-order valence-corrected chi connectivity index (χ1v) is 7.84. The summed E-state index contributed by atoms with van der Waals surface area (Å²) in [4.78, 5) is 0. The molecule has 18 heavy (non-hydrogen) atoms. The van der Waals surface area contributed by atoms with Gasteiger partial charge in [-0.25, -0.2) is 8.42 Å². The van der Waals surface area contributed by atoms with Crippen LogP contribution in [0.5, 0.6) is 0 Å². The number of hydrogen-bond donors (Lipinski definition) is 0. The van der Waals surface area contributed by atoms with Gasteiger partial charge >= 0.3 is 5.51 Å². The van der Waals surface area contributed by atoms with Gasteiger partial charge in [-0.1, -0.05) is 51.5 Å². The van der Waals surface area contributed by atoms with E-state index in [4.69, 9.17) is 0 Å². The van der Waals surface area contributed by atoms with Crippen LogP contribution in [-0.4, -0.2) is 13.9 Å². The van der Waals surface area contributed by atoms with E-state index in [0.29, 0.717) is 6.42 Å². The van der Waals surface area contributed by atoms with Crippen molar-refractivity contribution >= 4 is 9.84 Å². The van der Waals surface area contributed by atoms with Crippen LogP contribution in [-0.2, 0) is 9.84 Å². The van der Waals surface area contributed by atoms with E-state index in [1.807, 2.05) is 0 Å². The molecule has 0 saturated heterocycles. The van der Waals surface area contributed by atoms with Crippen LogP contribution in [0.4, 0.5) is 13.2 Å². The summed E-state index contributed by atoms with van der Waals surface area (Å²) in [7, 11) is -5.08. The lowest BCUT2D eigenvalue weighted by Gasteiger charge is -2.02. The van der Waals surface area contributed by atoms with Crippen LogP contribution in [0.1, 0.15) is 58.3 Å². The molecule has 0 rings (SSSR count). The van der Waals surface area contributed by atoms with Crippen molar-refractivity contribution in [1.82, 2.24) is 0 Å². The third kappa shape index (κ3) is 7.74. The molecule has 0 bridgehead atoms. The van der Waals surface area contributed by atoms with Gasteiger partial charge in [0.15, 0.2) is 0 Å². The zero-order valence-electron chi connectivity index (χ0n) is 10.7. The normalized spacial score (nSPS) is 13.3. The first-order valence-electron chi connectivity index (χ1n) is 6.29. The first kappa shape index (κ1) is 17.5. The molecule has 108 valence electrons. The number of halogens is 3. The Bertz CT molecular complexity index is 332. The second kappa shape index (κ2) is 8.56. The van der Waals surface area contributed by atoms with Crippen molar-refractivity contribution in [2.24, 2.45) is 0 Å². The number of allylic oxidation sites excluding steroid dienone is 1. The van der Waals surface area contributed by atoms with Crippen molar-refractivity contribution in [2.45, 2.75) is 63.8 Å². The number of sulfone groups is 1. The van der Waals surface area contributed by atoms with E-state index in [2.05, 4.69) is 6.92 Å². The van der Waals surface area contributed by atoms with Gasteiger partial charge in [0.05, 0.1) is 0 Å². The minimum atomic E-state index is -5.18. The highest BCUT2D eigenvalue weighted by Gasteiger charge is 2.43. The summed E-state index contributed by atoms with van der Waals surface area (Å²) in [5.74, 6) is 0. The molecule has 0 aliphatic carbocycles. The molecule has 2 nitrogen and oxygen atoms in total.